The number of benzene rings is 1. The van der Waals surface area contributed by atoms with E-state index in [0.717, 1.165) is 19.4 Å². The van der Waals surface area contributed by atoms with Gasteiger partial charge in [0, 0.05) is 64.3 Å². The third-order valence-electron chi connectivity index (χ3n) is 4.96. The van der Waals surface area contributed by atoms with E-state index in [1.54, 1.807) is 0 Å². The number of halogens is 4. The molecule has 1 aromatic carbocycles. The molecule has 16 heteroatoms. The van der Waals surface area contributed by atoms with Gasteiger partial charge in [-0.25, -0.2) is 30.7 Å². The molecule has 1 aromatic heterocycles. The topological polar surface area (TPSA) is 121 Å². The number of carbonyl (C=O) groups is 1. The summed E-state index contributed by atoms with van der Waals surface area (Å²) in [6.07, 6.45) is 0.849. The van der Waals surface area contributed by atoms with Crippen LogP contribution in [0.25, 0.3) is 0 Å². The fourth-order valence-corrected chi connectivity index (χ4v) is 5.68. The zero-order chi connectivity index (χ0) is 24.7. The fraction of sp³-hybridized carbons (Fsp3) is 0.353. The highest BCUT2D eigenvalue weighted by Gasteiger charge is 2.36. The van der Waals surface area contributed by atoms with Crippen LogP contribution in [0.15, 0.2) is 23.2 Å². The minimum Gasteiger partial charge on any atom is -0.343 e. The maximum absolute atomic E-state index is 15.0. The Bertz CT molecular complexity index is 1280. The summed E-state index contributed by atoms with van der Waals surface area (Å²) in [6.45, 7) is -0.863. The number of nitrogens with one attached hydrogen (secondary N) is 2. The standard InChI is InChI=1S/C17H19F4N5O5S2/c1-22-33(30,31)26-5-3-25(4-6-26)32(28,29)13-9-24(2)16(15(13)21)17(27)23-10-7-11(18)14(20)12(19)8-10/h7-9,22H,3-6H2,1-2H3,(H,23,27). The molecule has 2 heterocycles. The first kappa shape index (κ1) is 25.1. The molecule has 1 amide bonds. The lowest BCUT2D eigenvalue weighted by atomic mass is 10.2. The van der Waals surface area contributed by atoms with Crippen LogP contribution in [0.5, 0.6) is 0 Å². The predicted octanol–water partition coefficient (Wildman–Crippen LogP) is 0.604. The number of anilines is 1. The zero-order valence-electron chi connectivity index (χ0n) is 17.3. The number of aromatic nitrogens is 1. The van der Waals surface area contributed by atoms with Gasteiger partial charge in [-0.3, -0.25) is 4.79 Å². The normalized spacial score (nSPS) is 16.2. The molecule has 0 saturated carbocycles. The molecule has 0 bridgehead atoms. The Labute approximate surface area is 187 Å². The molecular weight excluding hydrogens is 494 g/mol. The highest BCUT2D eigenvalue weighted by Crippen LogP contribution is 2.26. The number of nitrogens with zero attached hydrogens (tertiary/aromatic N) is 3. The molecule has 1 aliphatic heterocycles. The van der Waals surface area contributed by atoms with Crippen LogP contribution >= 0.6 is 0 Å². The summed E-state index contributed by atoms with van der Waals surface area (Å²) in [5, 5.41) is 1.99. The lowest BCUT2D eigenvalue weighted by Crippen LogP contribution is -2.52. The Morgan fingerprint density at radius 3 is 1.94 bits per heavy atom. The van der Waals surface area contributed by atoms with Crippen LogP contribution in [0.1, 0.15) is 10.5 Å². The summed E-state index contributed by atoms with van der Waals surface area (Å²) in [6, 6.07) is 0.959. The minimum atomic E-state index is -4.45. The molecule has 3 rings (SSSR count). The molecule has 2 N–H and O–H groups in total. The molecule has 0 aliphatic carbocycles. The zero-order valence-corrected chi connectivity index (χ0v) is 18.9. The second kappa shape index (κ2) is 9.02. The van der Waals surface area contributed by atoms with Crippen molar-refractivity contribution in [2.75, 3.05) is 38.5 Å². The Morgan fingerprint density at radius 2 is 1.42 bits per heavy atom. The first-order chi connectivity index (χ1) is 15.3. The van der Waals surface area contributed by atoms with Crippen LogP contribution in [-0.4, -0.2) is 69.1 Å². The van der Waals surface area contributed by atoms with Crippen molar-refractivity contribution in [3.63, 3.8) is 0 Å². The molecule has 182 valence electrons. The smallest absolute Gasteiger partial charge is 0.279 e. The van der Waals surface area contributed by atoms with E-state index in [1.165, 1.54) is 14.1 Å². The van der Waals surface area contributed by atoms with Crippen LogP contribution in [-0.2, 0) is 27.3 Å². The van der Waals surface area contributed by atoms with Crippen molar-refractivity contribution in [1.29, 1.82) is 0 Å². The number of hydrogen-bond acceptors (Lipinski definition) is 5. The molecule has 10 nitrogen and oxygen atoms in total. The Hall–Kier alpha value is -2.53. The summed E-state index contributed by atoms with van der Waals surface area (Å²) in [5.74, 6) is -7.56. The molecule has 33 heavy (non-hydrogen) atoms. The predicted molar refractivity (Wildman–Crippen MR) is 108 cm³/mol. The van der Waals surface area contributed by atoms with Gasteiger partial charge in [-0.2, -0.15) is 17.0 Å². The van der Waals surface area contributed by atoms with Gasteiger partial charge in [-0.1, -0.05) is 0 Å². The lowest BCUT2D eigenvalue weighted by Gasteiger charge is -2.32. The van der Waals surface area contributed by atoms with E-state index in [2.05, 4.69) is 4.72 Å². The van der Waals surface area contributed by atoms with E-state index in [1.807, 2.05) is 5.32 Å². The molecule has 1 fully saturated rings. The third-order valence-corrected chi connectivity index (χ3v) is 8.40. The second-order valence-corrected chi connectivity index (χ2v) is 10.8. The van der Waals surface area contributed by atoms with Gasteiger partial charge in [0.15, 0.2) is 23.3 Å². The number of amides is 1. The molecular formula is C17H19F4N5O5S2. The minimum absolute atomic E-state index is 0.175. The summed E-state index contributed by atoms with van der Waals surface area (Å²) in [5.41, 5.74) is -1.27. The van der Waals surface area contributed by atoms with Gasteiger partial charge in [0.25, 0.3) is 16.1 Å². The first-order valence-electron chi connectivity index (χ1n) is 9.29. The average Bonchev–Trinajstić information content (AvgIpc) is 3.06. The van der Waals surface area contributed by atoms with Crippen LogP contribution in [0, 0.1) is 23.3 Å². The van der Waals surface area contributed by atoms with E-state index >= 15 is 4.39 Å². The van der Waals surface area contributed by atoms with E-state index in [4.69, 9.17) is 0 Å². The van der Waals surface area contributed by atoms with Gasteiger partial charge in [0.1, 0.15) is 10.6 Å². The van der Waals surface area contributed by atoms with Crippen LogP contribution < -0.4 is 10.0 Å². The highest BCUT2D eigenvalue weighted by molar-refractivity contribution is 7.89. The van der Waals surface area contributed by atoms with Crippen molar-refractivity contribution in [1.82, 2.24) is 17.9 Å². The van der Waals surface area contributed by atoms with E-state index < -0.39 is 65.7 Å². The monoisotopic (exact) mass is 513 g/mol. The van der Waals surface area contributed by atoms with Gasteiger partial charge < -0.3 is 9.88 Å². The number of aryl methyl sites for hydroxylation is 1. The highest BCUT2D eigenvalue weighted by atomic mass is 32.2. The summed E-state index contributed by atoms with van der Waals surface area (Å²) in [4.78, 5) is 11.6. The average molecular weight is 513 g/mol. The third kappa shape index (κ3) is 4.74. The maximum Gasteiger partial charge on any atom is 0.279 e. The number of carbonyl (C=O) groups excluding carboxylic acids is 1. The van der Waals surface area contributed by atoms with Gasteiger partial charge in [-0.05, 0) is 0 Å². The van der Waals surface area contributed by atoms with Crippen LogP contribution in [0.2, 0.25) is 0 Å². The largest absolute Gasteiger partial charge is 0.343 e. The van der Waals surface area contributed by atoms with E-state index in [0.29, 0.717) is 12.1 Å². The molecule has 0 unspecified atom stereocenters. The van der Waals surface area contributed by atoms with Crippen LogP contribution in [0.3, 0.4) is 0 Å². The molecule has 2 aromatic rings. The molecule has 0 radical (unpaired) electrons. The molecule has 0 spiro atoms. The molecule has 1 aliphatic rings. The van der Waals surface area contributed by atoms with Gasteiger partial charge in [-0.15, -0.1) is 0 Å². The Kier molecular flexibility index (Phi) is 6.86. The van der Waals surface area contributed by atoms with E-state index in [9.17, 15) is 34.8 Å². The number of hydrogen-bond donors (Lipinski definition) is 2. The number of piperazine rings is 1. The Balaban J connectivity index is 1.85. The van der Waals surface area contributed by atoms with Crippen LogP contribution in [0.4, 0.5) is 23.2 Å². The van der Waals surface area contributed by atoms with Crippen molar-refractivity contribution < 1.29 is 39.2 Å². The molecule has 0 atom stereocenters. The van der Waals surface area contributed by atoms with Crippen molar-refractivity contribution in [3.05, 3.63) is 47.3 Å². The van der Waals surface area contributed by atoms with Crippen molar-refractivity contribution in [2.24, 2.45) is 7.05 Å². The fourth-order valence-electron chi connectivity index (χ4n) is 3.24. The van der Waals surface area contributed by atoms with E-state index in [-0.39, 0.29) is 26.2 Å². The summed E-state index contributed by atoms with van der Waals surface area (Å²) < 4.78 is 109. The summed E-state index contributed by atoms with van der Waals surface area (Å²) >= 11 is 0. The number of rotatable bonds is 6. The summed E-state index contributed by atoms with van der Waals surface area (Å²) in [7, 11) is -5.82. The maximum atomic E-state index is 15.0. The van der Waals surface area contributed by atoms with Crippen molar-refractivity contribution in [3.8, 4) is 0 Å². The molecule has 1 saturated heterocycles. The van der Waals surface area contributed by atoms with Crippen molar-refractivity contribution in [2.45, 2.75) is 4.90 Å². The Morgan fingerprint density at radius 1 is 0.909 bits per heavy atom. The SMILES string of the molecule is CNS(=O)(=O)N1CCN(S(=O)(=O)c2cn(C)c(C(=O)Nc3cc(F)c(F)c(F)c3)c2F)CC1. The lowest BCUT2D eigenvalue weighted by molar-refractivity contribution is 0.101. The second-order valence-electron chi connectivity index (χ2n) is 6.99. The van der Waals surface area contributed by atoms with Gasteiger partial charge >= 0.3 is 0 Å². The van der Waals surface area contributed by atoms with Crippen molar-refractivity contribution >= 4 is 31.8 Å². The quantitative estimate of drug-likeness (QED) is 0.433. The first-order valence-corrected chi connectivity index (χ1v) is 12.2. The number of sulfonamides is 1. The van der Waals surface area contributed by atoms with Gasteiger partial charge in [0.2, 0.25) is 10.0 Å². The van der Waals surface area contributed by atoms with Gasteiger partial charge in [0.05, 0.1) is 0 Å².